The number of ether oxygens (including phenoxy) is 1. The Bertz CT molecular complexity index is 735. The van der Waals surface area contributed by atoms with E-state index in [1.54, 1.807) is 36.5 Å². The Balaban J connectivity index is 1.81. The minimum Gasteiger partial charge on any atom is -0.439 e. The summed E-state index contributed by atoms with van der Waals surface area (Å²) >= 11 is 0. The molecular weight excluding hydrogens is 333 g/mol. The van der Waals surface area contributed by atoms with Gasteiger partial charge in [0.25, 0.3) is 5.91 Å². The van der Waals surface area contributed by atoms with E-state index in [1.807, 2.05) is 0 Å². The van der Waals surface area contributed by atoms with Gasteiger partial charge in [-0.2, -0.15) is 13.2 Å². The predicted octanol–water partition coefficient (Wildman–Crippen LogP) is 4.43. The number of halogens is 3. The molecule has 1 saturated heterocycles. The third-order valence-electron chi connectivity index (χ3n) is 4.08. The number of rotatable bonds is 3. The van der Waals surface area contributed by atoms with Gasteiger partial charge < -0.3 is 9.64 Å². The molecule has 0 aliphatic carbocycles. The molecule has 1 fully saturated rings. The van der Waals surface area contributed by atoms with Gasteiger partial charge in [0.1, 0.15) is 11.8 Å². The van der Waals surface area contributed by atoms with Crippen molar-refractivity contribution in [3.63, 3.8) is 0 Å². The number of hydrogen-bond acceptors (Lipinski definition) is 3. The Morgan fingerprint density at radius 2 is 2.00 bits per heavy atom. The molecule has 0 saturated carbocycles. The maximum absolute atomic E-state index is 13.2. The number of aromatic nitrogens is 1. The molecule has 1 amide bonds. The summed E-state index contributed by atoms with van der Waals surface area (Å²) in [6.45, 7) is 0.105. The van der Waals surface area contributed by atoms with Gasteiger partial charge in [-0.15, -0.1) is 0 Å². The van der Waals surface area contributed by atoms with Crippen LogP contribution in [0, 0.1) is 0 Å². The maximum atomic E-state index is 13.2. The van der Waals surface area contributed by atoms with Crippen LogP contribution in [-0.2, 0) is 0 Å². The molecule has 2 aromatic rings. The number of likely N-dealkylation sites (tertiary alicyclic amines) is 1. The summed E-state index contributed by atoms with van der Waals surface area (Å²) in [6, 6.07) is 9.56. The molecule has 0 N–H and O–H groups in total. The number of pyridine rings is 1. The Kier molecular flexibility index (Phi) is 4.92. The van der Waals surface area contributed by atoms with Gasteiger partial charge >= 0.3 is 6.18 Å². The first-order chi connectivity index (χ1) is 11.9. The molecule has 0 spiro atoms. The van der Waals surface area contributed by atoms with E-state index in [-0.39, 0.29) is 18.5 Å². The first kappa shape index (κ1) is 17.3. The first-order valence-electron chi connectivity index (χ1n) is 8.02. The number of nitrogens with zero attached hydrogens (tertiary/aromatic N) is 2. The van der Waals surface area contributed by atoms with Crippen molar-refractivity contribution in [3.8, 4) is 11.6 Å². The average Bonchev–Trinajstić information content (AvgIpc) is 2.61. The standard InChI is InChI=1S/C18H17F3N2O2/c19-18(20,21)15-8-2-4-11-23(15)17(24)13-6-5-7-14(12-13)25-16-9-1-3-10-22-16/h1,3,5-7,9-10,12,15H,2,4,8,11H2. The quantitative estimate of drug-likeness (QED) is 0.822. The number of amides is 1. The van der Waals surface area contributed by atoms with Gasteiger partial charge in [-0.05, 0) is 43.5 Å². The Labute approximate surface area is 143 Å². The number of alkyl halides is 3. The van der Waals surface area contributed by atoms with Crippen LogP contribution in [0.3, 0.4) is 0 Å². The number of hydrogen-bond donors (Lipinski definition) is 0. The molecule has 7 heteroatoms. The topological polar surface area (TPSA) is 42.4 Å². The van der Waals surface area contributed by atoms with E-state index in [2.05, 4.69) is 4.98 Å². The van der Waals surface area contributed by atoms with Crippen LogP contribution in [0.15, 0.2) is 48.7 Å². The Morgan fingerprint density at radius 1 is 1.16 bits per heavy atom. The number of carbonyl (C=O) groups is 1. The summed E-state index contributed by atoms with van der Waals surface area (Å²) in [4.78, 5) is 17.6. The summed E-state index contributed by atoms with van der Waals surface area (Å²) in [6.07, 6.45) is -1.87. The maximum Gasteiger partial charge on any atom is 0.408 e. The molecule has 132 valence electrons. The second kappa shape index (κ2) is 7.13. The summed E-state index contributed by atoms with van der Waals surface area (Å²) in [7, 11) is 0. The van der Waals surface area contributed by atoms with E-state index in [0.29, 0.717) is 24.5 Å². The highest BCUT2D eigenvalue weighted by Crippen LogP contribution is 2.33. The highest BCUT2D eigenvalue weighted by atomic mass is 19.4. The van der Waals surface area contributed by atoms with E-state index >= 15 is 0 Å². The third-order valence-corrected chi connectivity index (χ3v) is 4.08. The van der Waals surface area contributed by atoms with Gasteiger partial charge in [0.05, 0.1) is 0 Å². The zero-order valence-corrected chi connectivity index (χ0v) is 13.4. The van der Waals surface area contributed by atoms with Crippen molar-refractivity contribution in [2.45, 2.75) is 31.5 Å². The van der Waals surface area contributed by atoms with Gasteiger partial charge in [0.2, 0.25) is 5.88 Å². The van der Waals surface area contributed by atoms with Crippen molar-refractivity contribution in [2.24, 2.45) is 0 Å². The van der Waals surface area contributed by atoms with Gasteiger partial charge in [-0.25, -0.2) is 4.98 Å². The van der Waals surface area contributed by atoms with Gasteiger partial charge in [0, 0.05) is 24.4 Å². The fourth-order valence-corrected chi connectivity index (χ4v) is 2.90. The lowest BCUT2D eigenvalue weighted by atomic mass is 10.0. The third kappa shape index (κ3) is 4.10. The van der Waals surface area contributed by atoms with Crippen molar-refractivity contribution in [1.29, 1.82) is 0 Å². The zero-order chi connectivity index (χ0) is 17.9. The van der Waals surface area contributed by atoms with Gasteiger partial charge in [-0.3, -0.25) is 4.79 Å². The minimum atomic E-state index is -4.42. The van der Waals surface area contributed by atoms with Crippen LogP contribution in [0.4, 0.5) is 13.2 Å². The fourth-order valence-electron chi connectivity index (χ4n) is 2.90. The van der Waals surface area contributed by atoms with Crippen molar-refractivity contribution in [3.05, 3.63) is 54.2 Å². The molecule has 1 aromatic carbocycles. The Morgan fingerprint density at radius 3 is 2.72 bits per heavy atom. The van der Waals surface area contributed by atoms with Crippen molar-refractivity contribution in [2.75, 3.05) is 6.54 Å². The SMILES string of the molecule is O=C(c1cccc(Oc2ccccn2)c1)N1CCCCC1C(F)(F)F. The molecule has 25 heavy (non-hydrogen) atoms. The van der Waals surface area contributed by atoms with E-state index in [4.69, 9.17) is 4.74 Å². The lowest BCUT2D eigenvalue weighted by Gasteiger charge is -2.36. The van der Waals surface area contributed by atoms with Crippen LogP contribution in [-0.4, -0.2) is 34.6 Å². The van der Waals surface area contributed by atoms with Gasteiger partial charge in [-0.1, -0.05) is 12.1 Å². The van der Waals surface area contributed by atoms with Crippen LogP contribution >= 0.6 is 0 Å². The van der Waals surface area contributed by atoms with E-state index in [1.165, 1.54) is 12.1 Å². The van der Waals surface area contributed by atoms with Crippen molar-refractivity contribution < 1.29 is 22.7 Å². The number of benzene rings is 1. The zero-order valence-electron chi connectivity index (χ0n) is 13.4. The van der Waals surface area contributed by atoms with Crippen molar-refractivity contribution >= 4 is 5.91 Å². The molecule has 2 heterocycles. The summed E-state index contributed by atoms with van der Waals surface area (Å²) < 4.78 is 45.2. The van der Waals surface area contributed by atoms with Crippen LogP contribution in [0.1, 0.15) is 29.6 Å². The lowest BCUT2D eigenvalue weighted by Crippen LogP contribution is -2.51. The highest BCUT2D eigenvalue weighted by Gasteiger charge is 2.46. The number of piperidine rings is 1. The van der Waals surface area contributed by atoms with Gasteiger partial charge in [0.15, 0.2) is 0 Å². The largest absolute Gasteiger partial charge is 0.439 e. The lowest BCUT2D eigenvalue weighted by molar-refractivity contribution is -0.183. The van der Waals surface area contributed by atoms with Crippen LogP contribution in [0.2, 0.25) is 0 Å². The fraction of sp³-hybridized carbons (Fsp3) is 0.333. The molecule has 1 aromatic heterocycles. The average molecular weight is 350 g/mol. The van der Waals surface area contributed by atoms with Crippen LogP contribution in [0.25, 0.3) is 0 Å². The predicted molar refractivity (Wildman–Crippen MR) is 85.5 cm³/mol. The second-order valence-electron chi connectivity index (χ2n) is 5.85. The van der Waals surface area contributed by atoms with E-state index in [9.17, 15) is 18.0 Å². The molecule has 0 radical (unpaired) electrons. The summed E-state index contributed by atoms with van der Waals surface area (Å²) in [5.41, 5.74) is 0.171. The smallest absolute Gasteiger partial charge is 0.408 e. The van der Waals surface area contributed by atoms with E-state index < -0.39 is 18.1 Å². The molecule has 0 bridgehead atoms. The number of carbonyl (C=O) groups excluding carboxylic acids is 1. The summed E-state index contributed by atoms with van der Waals surface area (Å²) in [5.74, 6) is 0.0665. The normalized spacial score (nSPS) is 18.0. The van der Waals surface area contributed by atoms with Crippen LogP contribution in [0.5, 0.6) is 11.6 Å². The second-order valence-corrected chi connectivity index (χ2v) is 5.85. The molecule has 1 unspecified atom stereocenters. The van der Waals surface area contributed by atoms with Crippen molar-refractivity contribution in [1.82, 2.24) is 9.88 Å². The Hall–Kier alpha value is -2.57. The monoisotopic (exact) mass is 350 g/mol. The minimum absolute atomic E-state index is 0.0562. The highest BCUT2D eigenvalue weighted by molar-refractivity contribution is 5.95. The molecule has 1 aliphatic rings. The molecular formula is C18H17F3N2O2. The van der Waals surface area contributed by atoms with Crippen LogP contribution < -0.4 is 4.74 Å². The molecule has 1 aliphatic heterocycles. The first-order valence-corrected chi connectivity index (χ1v) is 8.02. The summed E-state index contributed by atoms with van der Waals surface area (Å²) in [5, 5.41) is 0. The van der Waals surface area contributed by atoms with E-state index in [0.717, 1.165) is 4.90 Å². The molecule has 1 atom stereocenters. The molecule has 4 nitrogen and oxygen atoms in total. The molecule has 3 rings (SSSR count).